The van der Waals surface area contributed by atoms with Crippen molar-refractivity contribution in [3.8, 4) is 0 Å². The first-order valence-corrected chi connectivity index (χ1v) is 4.61. The van der Waals surface area contributed by atoms with Crippen LogP contribution in [0.5, 0.6) is 0 Å². The van der Waals surface area contributed by atoms with Crippen molar-refractivity contribution in [2.24, 2.45) is 0 Å². The molecule has 0 N–H and O–H groups in total. The van der Waals surface area contributed by atoms with Crippen LogP contribution in [0.2, 0.25) is 0 Å². The Kier molecular flexibility index (Phi) is 5.72. The van der Waals surface area contributed by atoms with Gasteiger partial charge in [-0.1, -0.05) is 13.8 Å². The zero-order valence-electron chi connectivity index (χ0n) is 8.63. The van der Waals surface area contributed by atoms with E-state index in [0.29, 0.717) is 6.54 Å². The third-order valence-electron chi connectivity index (χ3n) is 2.15. The van der Waals surface area contributed by atoms with E-state index in [2.05, 4.69) is 18.7 Å². The summed E-state index contributed by atoms with van der Waals surface area (Å²) in [6, 6.07) is 0. The molecule has 0 bridgehead atoms. The Morgan fingerprint density at radius 1 is 1.08 bits per heavy atom. The van der Waals surface area contributed by atoms with Crippen molar-refractivity contribution in [1.29, 1.82) is 0 Å². The van der Waals surface area contributed by atoms with Gasteiger partial charge in [-0.3, -0.25) is 9.69 Å². The Morgan fingerprint density at radius 3 is 1.92 bits per heavy atom. The van der Waals surface area contributed by atoms with Gasteiger partial charge in [0.15, 0.2) is 0 Å². The first-order chi connectivity index (χ1) is 5.65. The Balaban J connectivity index is 3.81. The van der Waals surface area contributed by atoms with Crippen molar-refractivity contribution in [2.45, 2.75) is 20.8 Å². The van der Waals surface area contributed by atoms with E-state index >= 15 is 0 Å². The fourth-order valence-electron chi connectivity index (χ4n) is 0.936. The molecule has 0 aliphatic carbocycles. The second kappa shape index (κ2) is 6.00. The molecule has 72 valence electrons. The number of likely N-dealkylation sites (N-methyl/N-ethyl adjacent to an activating group) is 2. The number of carbonyl (C=O) groups is 1. The highest BCUT2D eigenvalue weighted by Crippen LogP contribution is 1.90. The van der Waals surface area contributed by atoms with E-state index in [9.17, 15) is 4.79 Å². The van der Waals surface area contributed by atoms with Crippen molar-refractivity contribution >= 4 is 5.91 Å². The zero-order chi connectivity index (χ0) is 9.56. The van der Waals surface area contributed by atoms with Gasteiger partial charge in [-0.2, -0.15) is 0 Å². The standard InChI is InChI=1S/C9H20N2O/c1-5-10(4)9(12)8-11(6-2)7-3/h5-8H2,1-4H3. The molecule has 3 nitrogen and oxygen atoms in total. The Morgan fingerprint density at radius 2 is 1.58 bits per heavy atom. The van der Waals surface area contributed by atoms with E-state index in [1.54, 1.807) is 4.90 Å². The fraction of sp³-hybridized carbons (Fsp3) is 0.889. The zero-order valence-corrected chi connectivity index (χ0v) is 8.63. The highest BCUT2D eigenvalue weighted by Gasteiger charge is 2.09. The van der Waals surface area contributed by atoms with Crippen LogP contribution >= 0.6 is 0 Å². The molecule has 0 aromatic rings. The van der Waals surface area contributed by atoms with Crippen LogP contribution in [0.3, 0.4) is 0 Å². The lowest BCUT2D eigenvalue weighted by Gasteiger charge is -2.21. The van der Waals surface area contributed by atoms with E-state index in [1.807, 2.05) is 14.0 Å². The summed E-state index contributed by atoms with van der Waals surface area (Å²) in [4.78, 5) is 15.3. The lowest BCUT2D eigenvalue weighted by atomic mass is 10.4. The lowest BCUT2D eigenvalue weighted by Crippen LogP contribution is -2.38. The third kappa shape index (κ3) is 3.72. The van der Waals surface area contributed by atoms with Crippen LogP contribution < -0.4 is 0 Å². The summed E-state index contributed by atoms with van der Waals surface area (Å²) in [7, 11) is 1.84. The van der Waals surface area contributed by atoms with E-state index in [0.717, 1.165) is 19.6 Å². The molecule has 12 heavy (non-hydrogen) atoms. The molecule has 1 amide bonds. The molecular formula is C9H20N2O. The molecule has 0 spiro atoms. The third-order valence-corrected chi connectivity index (χ3v) is 2.15. The number of carbonyl (C=O) groups excluding carboxylic acids is 1. The quantitative estimate of drug-likeness (QED) is 0.612. The minimum absolute atomic E-state index is 0.209. The van der Waals surface area contributed by atoms with Gasteiger partial charge in [0, 0.05) is 13.6 Å². The molecule has 0 atom stereocenters. The SMILES string of the molecule is CCN(CC)CC(=O)N(C)CC. The second-order valence-corrected chi connectivity index (χ2v) is 2.87. The average Bonchev–Trinajstić information content (AvgIpc) is 2.12. The monoisotopic (exact) mass is 172 g/mol. The van der Waals surface area contributed by atoms with Gasteiger partial charge in [-0.25, -0.2) is 0 Å². The second-order valence-electron chi connectivity index (χ2n) is 2.87. The van der Waals surface area contributed by atoms with Gasteiger partial charge in [0.2, 0.25) is 5.91 Å². The summed E-state index contributed by atoms with van der Waals surface area (Å²) in [5, 5.41) is 0. The Bertz CT molecular complexity index is 132. The highest BCUT2D eigenvalue weighted by molar-refractivity contribution is 5.77. The number of rotatable bonds is 5. The Labute approximate surface area is 75.3 Å². The molecule has 0 aliphatic rings. The molecule has 3 heteroatoms. The average molecular weight is 172 g/mol. The maximum absolute atomic E-state index is 11.4. The van der Waals surface area contributed by atoms with Crippen molar-refractivity contribution in [1.82, 2.24) is 9.80 Å². The lowest BCUT2D eigenvalue weighted by molar-refractivity contribution is -0.130. The molecule has 0 unspecified atom stereocenters. The van der Waals surface area contributed by atoms with Gasteiger partial charge >= 0.3 is 0 Å². The minimum atomic E-state index is 0.209. The summed E-state index contributed by atoms with van der Waals surface area (Å²) in [6.45, 7) is 9.36. The number of hydrogen-bond acceptors (Lipinski definition) is 2. The smallest absolute Gasteiger partial charge is 0.236 e. The topological polar surface area (TPSA) is 23.6 Å². The number of nitrogens with zero attached hydrogens (tertiary/aromatic N) is 2. The molecule has 0 aromatic carbocycles. The molecule has 0 heterocycles. The van der Waals surface area contributed by atoms with Crippen molar-refractivity contribution in [3.05, 3.63) is 0 Å². The van der Waals surface area contributed by atoms with Crippen LogP contribution in [0.25, 0.3) is 0 Å². The molecule has 0 saturated heterocycles. The largest absolute Gasteiger partial charge is 0.345 e. The van der Waals surface area contributed by atoms with Gasteiger partial charge in [0.1, 0.15) is 0 Å². The molecule has 0 radical (unpaired) electrons. The van der Waals surface area contributed by atoms with Crippen LogP contribution in [0.15, 0.2) is 0 Å². The van der Waals surface area contributed by atoms with Crippen LogP contribution in [-0.2, 0) is 4.79 Å². The van der Waals surface area contributed by atoms with Crippen LogP contribution in [0.1, 0.15) is 20.8 Å². The number of hydrogen-bond donors (Lipinski definition) is 0. The summed E-state index contributed by atoms with van der Waals surface area (Å²) in [5.74, 6) is 0.209. The summed E-state index contributed by atoms with van der Waals surface area (Å²) < 4.78 is 0. The van der Waals surface area contributed by atoms with Gasteiger partial charge < -0.3 is 4.90 Å². The fourth-order valence-corrected chi connectivity index (χ4v) is 0.936. The van der Waals surface area contributed by atoms with Crippen LogP contribution in [0, 0.1) is 0 Å². The first kappa shape index (κ1) is 11.4. The number of amides is 1. The van der Waals surface area contributed by atoms with Crippen molar-refractivity contribution < 1.29 is 4.79 Å². The van der Waals surface area contributed by atoms with Crippen molar-refractivity contribution in [3.63, 3.8) is 0 Å². The maximum Gasteiger partial charge on any atom is 0.236 e. The highest BCUT2D eigenvalue weighted by atomic mass is 16.2. The summed E-state index contributed by atoms with van der Waals surface area (Å²) in [6.07, 6.45) is 0. The first-order valence-electron chi connectivity index (χ1n) is 4.61. The van der Waals surface area contributed by atoms with Gasteiger partial charge in [0.25, 0.3) is 0 Å². The molecule has 0 aromatic heterocycles. The Hall–Kier alpha value is -0.570. The van der Waals surface area contributed by atoms with E-state index in [4.69, 9.17) is 0 Å². The van der Waals surface area contributed by atoms with Gasteiger partial charge in [0.05, 0.1) is 6.54 Å². The summed E-state index contributed by atoms with van der Waals surface area (Å²) >= 11 is 0. The van der Waals surface area contributed by atoms with E-state index in [-0.39, 0.29) is 5.91 Å². The normalized spacial score (nSPS) is 10.4. The minimum Gasteiger partial charge on any atom is -0.345 e. The van der Waals surface area contributed by atoms with E-state index < -0.39 is 0 Å². The van der Waals surface area contributed by atoms with Gasteiger partial charge in [-0.05, 0) is 20.0 Å². The van der Waals surface area contributed by atoms with Gasteiger partial charge in [-0.15, -0.1) is 0 Å². The molecular weight excluding hydrogens is 152 g/mol. The maximum atomic E-state index is 11.4. The predicted octanol–water partition coefficient (Wildman–Crippen LogP) is 0.806. The molecule has 0 fully saturated rings. The molecule has 0 rings (SSSR count). The summed E-state index contributed by atoms with van der Waals surface area (Å²) in [5.41, 5.74) is 0. The van der Waals surface area contributed by atoms with Crippen molar-refractivity contribution in [2.75, 3.05) is 33.2 Å². The molecule has 0 aliphatic heterocycles. The van der Waals surface area contributed by atoms with Crippen LogP contribution in [0.4, 0.5) is 0 Å². The predicted molar refractivity (Wildman–Crippen MR) is 51.1 cm³/mol. The molecule has 0 saturated carbocycles. The van der Waals surface area contributed by atoms with E-state index in [1.165, 1.54) is 0 Å². The van der Waals surface area contributed by atoms with Crippen LogP contribution in [-0.4, -0.2) is 48.9 Å².